The molecule has 0 bridgehead atoms. The summed E-state index contributed by atoms with van der Waals surface area (Å²) in [5.41, 5.74) is 4.06. The maximum Gasteiger partial charge on any atom is 0.248 e. The summed E-state index contributed by atoms with van der Waals surface area (Å²) in [6.07, 6.45) is 12.7. The van der Waals surface area contributed by atoms with E-state index in [0.29, 0.717) is 23.9 Å². The Morgan fingerprint density at radius 2 is 1.79 bits per heavy atom. The zero-order chi connectivity index (χ0) is 27.5. The standard InChI is InChI=1S/C33H45N3O3/c1-25-10-9-11-26(24-25)19-21-34-22-20-32(39)36(28-13-6-2-3-7-14-28)23-8-4-5-12-27-15-17-30(37)33-29(27)16-18-31(38)35-33/h9-11,15-18,24,28,34,37H,2-8,12-14,19-23H2,1H3,(H,35,38). The molecule has 0 atom stereocenters. The van der Waals surface area contributed by atoms with Gasteiger partial charge >= 0.3 is 0 Å². The predicted octanol–water partition coefficient (Wildman–Crippen LogP) is 6.03. The van der Waals surface area contributed by atoms with Gasteiger partial charge in [-0.05, 0) is 75.3 Å². The average Bonchev–Trinajstić information content (AvgIpc) is 3.21. The van der Waals surface area contributed by atoms with Gasteiger partial charge in [0.05, 0.1) is 5.52 Å². The van der Waals surface area contributed by atoms with Crippen molar-refractivity contribution in [2.24, 2.45) is 0 Å². The quantitative estimate of drug-likeness (QED) is 0.186. The van der Waals surface area contributed by atoms with E-state index in [1.54, 1.807) is 12.1 Å². The molecule has 1 amide bonds. The van der Waals surface area contributed by atoms with Crippen molar-refractivity contribution in [3.05, 3.63) is 75.6 Å². The molecule has 3 aromatic rings. The van der Waals surface area contributed by atoms with E-state index in [1.807, 2.05) is 6.07 Å². The highest BCUT2D eigenvalue weighted by atomic mass is 16.3. The number of phenols is 1. The molecule has 210 valence electrons. The monoisotopic (exact) mass is 531 g/mol. The first-order valence-corrected chi connectivity index (χ1v) is 14.9. The van der Waals surface area contributed by atoms with E-state index in [4.69, 9.17) is 0 Å². The molecule has 1 aromatic heterocycles. The first-order valence-electron chi connectivity index (χ1n) is 14.9. The number of aryl methyl sites for hydroxylation is 2. The lowest BCUT2D eigenvalue weighted by Gasteiger charge is -2.31. The van der Waals surface area contributed by atoms with Crippen molar-refractivity contribution in [1.82, 2.24) is 15.2 Å². The van der Waals surface area contributed by atoms with E-state index in [0.717, 1.165) is 75.5 Å². The molecule has 0 spiro atoms. The predicted molar refractivity (Wildman–Crippen MR) is 159 cm³/mol. The molecule has 0 radical (unpaired) electrons. The van der Waals surface area contributed by atoms with Crippen LogP contribution in [0.2, 0.25) is 0 Å². The zero-order valence-electron chi connectivity index (χ0n) is 23.5. The lowest BCUT2D eigenvalue weighted by atomic mass is 10.0. The zero-order valence-corrected chi connectivity index (χ0v) is 23.5. The van der Waals surface area contributed by atoms with Crippen LogP contribution in [0.5, 0.6) is 5.75 Å². The van der Waals surface area contributed by atoms with Crippen molar-refractivity contribution in [2.75, 3.05) is 19.6 Å². The third-order valence-electron chi connectivity index (χ3n) is 8.08. The topological polar surface area (TPSA) is 85.4 Å². The van der Waals surface area contributed by atoms with Crippen molar-refractivity contribution >= 4 is 16.8 Å². The van der Waals surface area contributed by atoms with E-state index >= 15 is 0 Å². The maximum absolute atomic E-state index is 13.4. The number of aromatic hydroxyl groups is 1. The molecular formula is C33H45N3O3. The number of hydrogen-bond donors (Lipinski definition) is 3. The number of aromatic nitrogens is 1. The third kappa shape index (κ3) is 8.69. The molecule has 3 N–H and O–H groups in total. The van der Waals surface area contributed by atoms with Crippen LogP contribution < -0.4 is 10.9 Å². The van der Waals surface area contributed by atoms with Crippen LogP contribution in [0.25, 0.3) is 10.9 Å². The molecule has 0 unspecified atom stereocenters. The molecule has 0 saturated heterocycles. The van der Waals surface area contributed by atoms with Crippen molar-refractivity contribution in [3.63, 3.8) is 0 Å². The second kappa shape index (κ2) is 14.9. The Balaban J connectivity index is 1.25. The Bertz CT molecular complexity index is 1260. The van der Waals surface area contributed by atoms with Crippen LogP contribution in [0, 0.1) is 6.92 Å². The summed E-state index contributed by atoms with van der Waals surface area (Å²) in [7, 11) is 0. The first-order chi connectivity index (χ1) is 19.0. The van der Waals surface area contributed by atoms with Gasteiger partial charge in [-0.25, -0.2) is 0 Å². The summed E-state index contributed by atoms with van der Waals surface area (Å²) in [4.78, 5) is 30.0. The van der Waals surface area contributed by atoms with Crippen molar-refractivity contribution in [3.8, 4) is 5.75 Å². The number of unbranched alkanes of at least 4 members (excludes halogenated alkanes) is 2. The summed E-state index contributed by atoms with van der Waals surface area (Å²) < 4.78 is 0. The Hall–Kier alpha value is -3.12. The Morgan fingerprint density at radius 1 is 0.974 bits per heavy atom. The van der Waals surface area contributed by atoms with Gasteiger partial charge in [0.25, 0.3) is 0 Å². The van der Waals surface area contributed by atoms with Gasteiger partial charge in [0, 0.05) is 37.0 Å². The number of phenolic OH excluding ortho intramolecular Hbond substituents is 1. The summed E-state index contributed by atoms with van der Waals surface area (Å²) >= 11 is 0. The van der Waals surface area contributed by atoms with Crippen molar-refractivity contribution < 1.29 is 9.90 Å². The number of fused-ring (bicyclic) bond motifs is 1. The molecular weight excluding hydrogens is 486 g/mol. The summed E-state index contributed by atoms with van der Waals surface area (Å²) in [6, 6.07) is 15.9. The number of hydrogen-bond acceptors (Lipinski definition) is 4. The van der Waals surface area contributed by atoms with Crippen LogP contribution in [-0.4, -0.2) is 46.6 Å². The second-order valence-electron chi connectivity index (χ2n) is 11.1. The second-order valence-corrected chi connectivity index (χ2v) is 11.1. The fourth-order valence-corrected chi connectivity index (χ4v) is 5.93. The van der Waals surface area contributed by atoms with E-state index in [1.165, 1.54) is 42.9 Å². The summed E-state index contributed by atoms with van der Waals surface area (Å²) in [5, 5.41) is 14.5. The molecule has 1 saturated carbocycles. The number of nitrogens with one attached hydrogen (secondary N) is 2. The van der Waals surface area contributed by atoms with Crippen LogP contribution >= 0.6 is 0 Å². The van der Waals surface area contributed by atoms with E-state index in [-0.39, 0.29) is 11.3 Å². The third-order valence-corrected chi connectivity index (χ3v) is 8.08. The minimum atomic E-state index is -0.209. The van der Waals surface area contributed by atoms with Gasteiger partial charge in [-0.2, -0.15) is 0 Å². The van der Waals surface area contributed by atoms with E-state index < -0.39 is 0 Å². The lowest BCUT2D eigenvalue weighted by Crippen LogP contribution is -2.42. The fourth-order valence-electron chi connectivity index (χ4n) is 5.93. The van der Waals surface area contributed by atoms with Gasteiger partial charge in [-0.3, -0.25) is 9.59 Å². The average molecular weight is 532 g/mol. The smallest absolute Gasteiger partial charge is 0.248 e. The minimum Gasteiger partial charge on any atom is -0.506 e. The molecule has 1 fully saturated rings. The molecule has 6 heteroatoms. The molecule has 2 aromatic carbocycles. The van der Waals surface area contributed by atoms with Gasteiger partial charge in [-0.1, -0.05) is 68.0 Å². The summed E-state index contributed by atoms with van der Waals surface area (Å²) in [6.45, 7) is 4.57. The first kappa shape index (κ1) is 28.9. The minimum absolute atomic E-state index is 0.105. The van der Waals surface area contributed by atoms with E-state index in [2.05, 4.69) is 46.4 Å². The Kier molecular flexibility index (Phi) is 11.0. The van der Waals surface area contributed by atoms with Gasteiger partial charge in [0.1, 0.15) is 5.75 Å². The van der Waals surface area contributed by atoms with Crippen molar-refractivity contribution in [2.45, 2.75) is 90.0 Å². The number of benzene rings is 2. The number of carbonyl (C=O) groups is 1. The molecule has 1 aliphatic carbocycles. The highest BCUT2D eigenvalue weighted by molar-refractivity contribution is 5.87. The van der Waals surface area contributed by atoms with Crippen LogP contribution in [0.15, 0.2) is 53.3 Å². The van der Waals surface area contributed by atoms with Crippen LogP contribution in [-0.2, 0) is 17.6 Å². The van der Waals surface area contributed by atoms with Crippen LogP contribution in [0.3, 0.4) is 0 Å². The van der Waals surface area contributed by atoms with Gasteiger partial charge in [-0.15, -0.1) is 0 Å². The molecule has 0 aliphatic heterocycles. The number of amides is 1. The molecule has 6 nitrogen and oxygen atoms in total. The van der Waals surface area contributed by atoms with E-state index in [9.17, 15) is 14.7 Å². The summed E-state index contributed by atoms with van der Waals surface area (Å²) in [5.74, 6) is 0.395. The van der Waals surface area contributed by atoms with Crippen LogP contribution in [0.4, 0.5) is 0 Å². The lowest BCUT2D eigenvalue weighted by molar-refractivity contribution is -0.133. The number of aromatic amines is 1. The Morgan fingerprint density at radius 3 is 2.59 bits per heavy atom. The number of H-pyrrole nitrogens is 1. The highest BCUT2D eigenvalue weighted by Crippen LogP contribution is 2.26. The molecule has 1 aliphatic rings. The normalized spacial score (nSPS) is 14.4. The molecule has 1 heterocycles. The number of rotatable bonds is 13. The Labute approximate surface area is 232 Å². The maximum atomic E-state index is 13.4. The molecule has 39 heavy (non-hydrogen) atoms. The fraction of sp³-hybridized carbons (Fsp3) is 0.515. The number of carbonyl (C=O) groups excluding carboxylic acids is 1. The van der Waals surface area contributed by atoms with Gasteiger partial charge in [0.2, 0.25) is 11.5 Å². The number of pyridine rings is 1. The van der Waals surface area contributed by atoms with Crippen LogP contribution in [0.1, 0.15) is 80.9 Å². The van der Waals surface area contributed by atoms with Crippen molar-refractivity contribution in [1.29, 1.82) is 0 Å². The van der Waals surface area contributed by atoms with Gasteiger partial charge < -0.3 is 20.3 Å². The van der Waals surface area contributed by atoms with Gasteiger partial charge in [0.15, 0.2) is 0 Å². The largest absolute Gasteiger partial charge is 0.506 e. The molecule has 4 rings (SSSR count). The highest BCUT2D eigenvalue weighted by Gasteiger charge is 2.24. The number of nitrogens with zero attached hydrogens (tertiary/aromatic N) is 1. The SMILES string of the molecule is Cc1cccc(CCNCCC(=O)N(CCCCCc2ccc(O)c3[nH]c(=O)ccc23)C2CCCCCC2)c1.